The molecule has 0 aromatic heterocycles. The van der Waals surface area contributed by atoms with Crippen LogP contribution in [0.5, 0.6) is 5.75 Å². The molecule has 6 heteroatoms. The molecule has 0 spiro atoms. The monoisotopic (exact) mass is 430 g/mol. The van der Waals surface area contributed by atoms with E-state index >= 15 is 0 Å². The maximum absolute atomic E-state index is 12.7. The molecule has 0 N–H and O–H groups in total. The van der Waals surface area contributed by atoms with Crippen molar-refractivity contribution in [2.24, 2.45) is 5.92 Å². The van der Waals surface area contributed by atoms with Gasteiger partial charge in [0.15, 0.2) is 0 Å². The third kappa shape index (κ3) is 5.62. The van der Waals surface area contributed by atoms with Gasteiger partial charge in [-0.3, -0.25) is 0 Å². The Morgan fingerprint density at radius 2 is 1.71 bits per heavy atom. The predicted octanol–water partition coefficient (Wildman–Crippen LogP) is 6.15. The van der Waals surface area contributed by atoms with E-state index in [2.05, 4.69) is 51.1 Å². The second-order valence-corrected chi connectivity index (χ2v) is 8.65. The summed E-state index contributed by atoms with van der Waals surface area (Å²) >= 11 is 0. The number of fused-ring (bicyclic) bond motifs is 1. The number of alkyl halides is 3. The number of ether oxygens (including phenoxy) is 1. The van der Waals surface area contributed by atoms with E-state index in [1.54, 1.807) is 18.2 Å². The molecule has 2 aromatic carbocycles. The van der Waals surface area contributed by atoms with Crippen molar-refractivity contribution in [3.63, 3.8) is 0 Å². The van der Waals surface area contributed by atoms with Crippen LogP contribution in [0.15, 0.2) is 60.8 Å². The largest absolute Gasteiger partial charge is 0.573 e. The van der Waals surface area contributed by atoms with Gasteiger partial charge in [0.1, 0.15) is 5.75 Å². The fourth-order valence-electron chi connectivity index (χ4n) is 4.89. The van der Waals surface area contributed by atoms with Crippen molar-refractivity contribution in [1.29, 1.82) is 0 Å². The highest BCUT2D eigenvalue weighted by Gasteiger charge is 2.32. The topological polar surface area (TPSA) is 15.7 Å². The number of hydrogen-bond acceptors (Lipinski definition) is 3. The van der Waals surface area contributed by atoms with Crippen LogP contribution in [0.1, 0.15) is 36.8 Å². The summed E-state index contributed by atoms with van der Waals surface area (Å²) in [5.74, 6) is 0.446. The van der Waals surface area contributed by atoms with Gasteiger partial charge < -0.3 is 14.5 Å². The normalized spacial score (nSPS) is 21.3. The SMILES string of the molecule is CN(Cc1ccccc1OC(F)(F)F)CC1CCC(N2C=CCc3ccccc32)CC1. The van der Waals surface area contributed by atoms with Gasteiger partial charge in [-0.2, -0.15) is 0 Å². The van der Waals surface area contributed by atoms with Crippen LogP contribution in [0.4, 0.5) is 18.9 Å². The standard InChI is InChI=1S/C25H29F3N2O/c1-29(18-21-8-3-5-11-24(21)31-25(26,27)28)17-19-12-14-22(15-13-19)30-16-6-9-20-7-2-4-10-23(20)30/h2-8,10-11,16,19,22H,9,12-15,17-18H2,1H3. The zero-order valence-electron chi connectivity index (χ0n) is 17.8. The Hall–Kier alpha value is -2.47. The van der Waals surface area contributed by atoms with Gasteiger partial charge >= 0.3 is 6.36 Å². The first-order valence-electron chi connectivity index (χ1n) is 10.9. The predicted molar refractivity (Wildman–Crippen MR) is 117 cm³/mol. The Labute approximate surface area is 182 Å². The maximum atomic E-state index is 12.7. The highest BCUT2D eigenvalue weighted by atomic mass is 19.4. The lowest BCUT2D eigenvalue weighted by molar-refractivity contribution is -0.275. The van der Waals surface area contributed by atoms with Crippen molar-refractivity contribution in [3.05, 3.63) is 71.9 Å². The van der Waals surface area contributed by atoms with E-state index in [-0.39, 0.29) is 5.75 Å². The lowest BCUT2D eigenvalue weighted by Crippen LogP contribution is -2.38. The number of halogens is 3. The van der Waals surface area contributed by atoms with Gasteiger partial charge in [-0.25, -0.2) is 0 Å². The fourth-order valence-corrected chi connectivity index (χ4v) is 4.89. The van der Waals surface area contributed by atoms with Gasteiger partial charge in [0.25, 0.3) is 0 Å². The smallest absolute Gasteiger partial charge is 0.405 e. The minimum absolute atomic E-state index is 0.110. The minimum atomic E-state index is -4.67. The first-order valence-corrected chi connectivity index (χ1v) is 10.9. The van der Waals surface area contributed by atoms with Crippen LogP contribution < -0.4 is 9.64 Å². The molecule has 0 atom stereocenters. The molecule has 0 saturated heterocycles. The Balaban J connectivity index is 1.31. The summed E-state index contributed by atoms with van der Waals surface area (Å²) in [4.78, 5) is 4.54. The molecule has 0 bridgehead atoms. The average molecular weight is 431 g/mol. The van der Waals surface area contributed by atoms with Crippen LogP contribution >= 0.6 is 0 Å². The second-order valence-electron chi connectivity index (χ2n) is 8.65. The Bertz CT molecular complexity index is 904. The first-order chi connectivity index (χ1) is 14.9. The molecule has 3 nitrogen and oxygen atoms in total. The molecule has 1 aliphatic heterocycles. The zero-order chi connectivity index (χ0) is 21.8. The van der Waals surface area contributed by atoms with Crippen LogP contribution in [-0.2, 0) is 13.0 Å². The summed E-state index contributed by atoms with van der Waals surface area (Å²) in [6, 6.07) is 15.5. The van der Waals surface area contributed by atoms with E-state index in [0.717, 1.165) is 38.6 Å². The molecule has 1 aliphatic carbocycles. The summed E-state index contributed by atoms with van der Waals surface area (Å²) in [5, 5.41) is 0. The van der Waals surface area contributed by atoms with Gasteiger partial charge in [0, 0.05) is 36.6 Å². The number of para-hydroxylation sites is 2. The number of benzene rings is 2. The Morgan fingerprint density at radius 1 is 1.00 bits per heavy atom. The lowest BCUT2D eigenvalue weighted by Gasteiger charge is -2.39. The van der Waals surface area contributed by atoms with Crippen LogP contribution in [0.2, 0.25) is 0 Å². The van der Waals surface area contributed by atoms with Crippen LogP contribution in [0.25, 0.3) is 0 Å². The molecule has 1 heterocycles. The van der Waals surface area contributed by atoms with Crippen molar-refractivity contribution in [3.8, 4) is 5.75 Å². The molecule has 31 heavy (non-hydrogen) atoms. The number of anilines is 1. The van der Waals surface area contributed by atoms with E-state index in [0.29, 0.717) is 24.1 Å². The number of rotatable bonds is 6. The summed E-state index contributed by atoms with van der Waals surface area (Å²) in [6.45, 7) is 1.31. The highest BCUT2D eigenvalue weighted by Crippen LogP contribution is 2.35. The quantitative estimate of drug-likeness (QED) is 0.547. The molecular weight excluding hydrogens is 401 g/mol. The number of allylic oxidation sites excluding steroid dienone is 1. The van der Waals surface area contributed by atoms with E-state index in [1.165, 1.54) is 17.3 Å². The molecule has 0 unspecified atom stereocenters. The van der Waals surface area contributed by atoms with E-state index in [1.807, 2.05) is 7.05 Å². The lowest BCUT2D eigenvalue weighted by atomic mass is 9.84. The Morgan fingerprint density at radius 3 is 2.48 bits per heavy atom. The van der Waals surface area contributed by atoms with Crippen LogP contribution in [0.3, 0.4) is 0 Å². The number of nitrogens with zero attached hydrogens (tertiary/aromatic N) is 2. The molecule has 2 aliphatic rings. The summed E-state index contributed by atoms with van der Waals surface area (Å²) in [7, 11) is 1.97. The third-order valence-electron chi connectivity index (χ3n) is 6.29. The molecule has 2 aromatic rings. The van der Waals surface area contributed by atoms with Gasteiger partial charge in [0.05, 0.1) is 0 Å². The van der Waals surface area contributed by atoms with E-state index in [9.17, 15) is 13.2 Å². The van der Waals surface area contributed by atoms with Crippen LogP contribution in [-0.4, -0.2) is 30.9 Å². The first kappa shape index (κ1) is 21.8. The van der Waals surface area contributed by atoms with Crippen molar-refractivity contribution < 1.29 is 17.9 Å². The molecule has 4 rings (SSSR count). The van der Waals surface area contributed by atoms with Gasteiger partial charge in [-0.05, 0) is 62.8 Å². The molecule has 0 amide bonds. The molecule has 1 saturated carbocycles. The van der Waals surface area contributed by atoms with Crippen molar-refractivity contribution in [1.82, 2.24) is 4.90 Å². The summed E-state index contributed by atoms with van der Waals surface area (Å²) < 4.78 is 42.2. The van der Waals surface area contributed by atoms with Gasteiger partial charge in [-0.15, -0.1) is 13.2 Å². The minimum Gasteiger partial charge on any atom is -0.405 e. The van der Waals surface area contributed by atoms with Crippen molar-refractivity contribution in [2.45, 2.75) is 51.1 Å². The van der Waals surface area contributed by atoms with Crippen molar-refractivity contribution >= 4 is 5.69 Å². The van der Waals surface area contributed by atoms with Gasteiger partial charge in [-0.1, -0.05) is 42.5 Å². The number of hydrogen-bond donors (Lipinski definition) is 0. The average Bonchev–Trinajstić information content (AvgIpc) is 2.74. The fraction of sp³-hybridized carbons (Fsp3) is 0.440. The van der Waals surface area contributed by atoms with E-state index in [4.69, 9.17) is 0 Å². The summed E-state index contributed by atoms with van der Waals surface area (Å²) in [6.07, 6.45) is 5.31. The second kappa shape index (κ2) is 9.35. The zero-order valence-corrected chi connectivity index (χ0v) is 17.8. The summed E-state index contributed by atoms with van der Waals surface area (Å²) in [5.41, 5.74) is 3.27. The molecule has 0 radical (unpaired) electrons. The van der Waals surface area contributed by atoms with E-state index < -0.39 is 6.36 Å². The molecular formula is C25H29F3N2O. The van der Waals surface area contributed by atoms with Crippen molar-refractivity contribution in [2.75, 3.05) is 18.5 Å². The maximum Gasteiger partial charge on any atom is 0.573 e. The molecule has 166 valence electrons. The van der Waals surface area contributed by atoms with Gasteiger partial charge in [0.2, 0.25) is 0 Å². The molecule has 1 fully saturated rings. The highest BCUT2D eigenvalue weighted by molar-refractivity contribution is 5.59. The third-order valence-corrected chi connectivity index (χ3v) is 6.29. The Kier molecular flexibility index (Phi) is 6.56. The van der Waals surface area contributed by atoms with Crippen LogP contribution in [0, 0.1) is 5.92 Å².